The molecule has 140 valence electrons. The van der Waals surface area contributed by atoms with Crippen LogP contribution in [0.3, 0.4) is 0 Å². The molecule has 3 heterocycles. The molecule has 2 aromatic heterocycles. The molecule has 4 rings (SSSR count). The molecule has 2 N–H and O–H groups in total. The van der Waals surface area contributed by atoms with Crippen LogP contribution >= 0.6 is 0 Å². The van der Waals surface area contributed by atoms with Gasteiger partial charge < -0.3 is 19.9 Å². The maximum atomic E-state index is 5.68. The number of aromatic nitrogens is 3. The first-order chi connectivity index (χ1) is 13.0. The van der Waals surface area contributed by atoms with Crippen molar-refractivity contribution in [2.45, 2.75) is 25.9 Å². The van der Waals surface area contributed by atoms with Crippen molar-refractivity contribution in [3.05, 3.63) is 54.0 Å². The Morgan fingerprint density at radius 1 is 1.26 bits per heavy atom. The van der Waals surface area contributed by atoms with Gasteiger partial charge in [-0.3, -0.25) is 0 Å². The Morgan fingerprint density at radius 2 is 2.11 bits per heavy atom. The van der Waals surface area contributed by atoms with Crippen LogP contribution in [0.4, 0.5) is 11.6 Å². The van der Waals surface area contributed by atoms with E-state index in [1.165, 1.54) is 5.39 Å². The van der Waals surface area contributed by atoms with Crippen LogP contribution in [-0.4, -0.2) is 46.2 Å². The average Bonchev–Trinajstić information content (AvgIpc) is 3.03. The van der Waals surface area contributed by atoms with Crippen molar-refractivity contribution in [2.75, 3.05) is 26.0 Å². The van der Waals surface area contributed by atoms with Gasteiger partial charge in [0.25, 0.3) is 0 Å². The fourth-order valence-corrected chi connectivity index (χ4v) is 3.46. The van der Waals surface area contributed by atoms with E-state index < -0.39 is 0 Å². The van der Waals surface area contributed by atoms with E-state index in [4.69, 9.17) is 9.72 Å². The normalized spacial score (nSPS) is 20.0. The van der Waals surface area contributed by atoms with Crippen LogP contribution < -0.4 is 5.32 Å². The molecule has 0 fully saturated rings. The molecule has 3 aromatic rings. The zero-order valence-electron chi connectivity index (χ0n) is 16.2. The first-order valence-corrected chi connectivity index (χ1v) is 9.15. The summed E-state index contributed by atoms with van der Waals surface area (Å²) >= 11 is 0. The molecule has 0 saturated carbocycles. The van der Waals surface area contributed by atoms with E-state index in [0.717, 1.165) is 41.3 Å². The van der Waals surface area contributed by atoms with E-state index in [1.807, 2.05) is 12.1 Å². The van der Waals surface area contributed by atoms with Gasteiger partial charge in [0.05, 0.1) is 17.0 Å². The molecule has 1 unspecified atom stereocenters. The van der Waals surface area contributed by atoms with Crippen molar-refractivity contribution in [3.8, 4) is 0 Å². The number of H-pyrrole nitrogens is 1. The molecule has 6 heteroatoms. The molecule has 6 nitrogen and oxygen atoms in total. The number of aromatic amines is 1. The zero-order valence-corrected chi connectivity index (χ0v) is 16.2. The molecule has 1 atom stereocenters. The smallest absolute Gasteiger partial charge is 0.227 e. The molecular weight excluding hydrogens is 338 g/mol. The molecule has 27 heavy (non-hydrogen) atoms. The number of rotatable bonds is 4. The average molecular weight is 363 g/mol. The van der Waals surface area contributed by atoms with Gasteiger partial charge in [0, 0.05) is 49.2 Å². The lowest BCUT2D eigenvalue weighted by Crippen LogP contribution is -2.37. The third kappa shape index (κ3) is 3.53. The lowest BCUT2D eigenvalue weighted by Gasteiger charge is -2.36. The second-order valence-electron chi connectivity index (χ2n) is 7.36. The molecule has 0 bridgehead atoms. The number of aryl methyl sites for hydroxylation is 1. The Hall–Kier alpha value is -2.86. The van der Waals surface area contributed by atoms with Gasteiger partial charge in [-0.05, 0) is 56.7 Å². The Morgan fingerprint density at radius 3 is 2.93 bits per heavy atom. The van der Waals surface area contributed by atoms with Crippen molar-refractivity contribution in [2.24, 2.45) is 0 Å². The fraction of sp³-hybridized carbons (Fsp3) is 0.333. The van der Waals surface area contributed by atoms with Crippen LogP contribution in [0, 0.1) is 6.92 Å². The molecule has 0 spiro atoms. The third-order valence-electron chi connectivity index (χ3n) is 5.19. The minimum absolute atomic E-state index is 0.266. The molecule has 0 radical (unpaired) electrons. The summed E-state index contributed by atoms with van der Waals surface area (Å²) in [5.74, 6) is 0.582. The second kappa shape index (κ2) is 6.70. The van der Waals surface area contributed by atoms with Crippen LogP contribution in [0.2, 0.25) is 0 Å². The van der Waals surface area contributed by atoms with Gasteiger partial charge in [-0.25, -0.2) is 9.97 Å². The molecule has 1 aliphatic heterocycles. The quantitative estimate of drug-likeness (QED) is 0.731. The van der Waals surface area contributed by atoms with Crippen molar-refractivity contribution < 1.29 is 4.74 Å². The largest absolute Gasteiger partial charge is 0.374 e. The Bertz CT molecular complexity index is 1010. The van der Waals surface area contributed by atoms with Crippen LogP contribution in [0.15, 0.2) is 42.6 Å². The minimum Gasteiger partial charge on any atom is -0.374 e. The van der Waals surface area contributed by atoms with Gasteiger partial charge in [0.2, 0.25) is 5.95 Å². The summed E-state index contributed by atoms with van der Waals surface area (Å²) in [5.41, 5.74) is 4.92. The number of fused-ring (bicyclic) bond motifs is 1. The maximum absolute atomic E-state index is 5.68. The summed E-state index contributed by atoms with van der Waals surface area (Å²) in [7, 11) is 3.84. The number of anilines is 2. The minimum atomic E-state index is -0.266. The number of benzene rings is 1. The maximum Gasteiger partial charge on any atom is 0.227 e. The van der Waals surface area contributed by atoms with Crippen molar-refractivity contribution in [1.82, 2.24) is 19.9 Å². The molecule has 1 aromatic carbocycles. The SMILES string of the molecule is COC1(C)C=C(c2ccnc(Nc3ccc4[nH]c(C)cc4c3)n2)N(C)CC1. The number of hydrogen-bond acceptors (Lipinski definition) is 5. The number of nitrogens with zero attached hydrogens (tertiary/aromatic N) is 3. The van der Waals surface area contributed by atoms with Gasteiger partial charge in [0.15, 0.2) is 0 Å². The van der Waals surface area contributed by atoms with E-state index in [2.05, 4.69) is 65.4 Å². The molecule has 0 saturated heterocycles. The van der Waals surface area contributed by atoms with Crippen molar-refractivity contribution in [3.63, 3.8) is 0 Å². The highest BCUT2D eigenvalue weighted by molar-refractivity contribution is 5.84. The van der Waals surface area contributed by atoms with E-state index in [9.17, 15) is 0 Å². The fourth-order valence-electron chi connectivity index (χ4n) is 3.46. The van der Waals surface area contributed by atoms with Gasteiger partial charge >= 0.3 is 0 Å². The van der Waals surface area contributed by atoms with Gasteiger partial charge in [-0.2, -0.15) is 0 Å². The molecule has 0 aliphatic carbocycles. The number of nitrogens with one attached hydrogen (secondary N) is 2. The highest BCUT2D eigenvalue weighted by Gasteiger charge is 2.29. The summed E-state index contributed by atoms with van der Waals surface area (Å²) in [6.45, 7) is 5.09. The predicted octanol–water partition coefficient (Wildman–Crippen LogP) is 4.09. The zero-order chi connectivity index (χ0) is 19.0. The Balaban J connectivity index is 1.63. The molecular formula is C21H25N5O. The van der Waals surface area contributed by atoms with Gasteiger partial charge in [-0.15, -0.1) is 0 Å². The third-order valence-corrected chi connectivity index (χ3v) is 5.19. The van der Waals surface area contributed by atoms with Crippen molar-refractivity contribution in [1.29, 1.82) is 0 Å². The summed E-state index contributed by atoms with van der Waals surface area (Å²) in [6, 6.07) is 10.3. The second-order valence-corrected chi connectivity index (χ2v) is 7.36. The summed E-state index contributed by atoms with van der Waals surface area (Å²) in [6.07, 6.45) is 4.89. The topological polar surface area (TPSA) is 66.1 Å². The van der Waals surface area contributed by atoms with E-state index in [0.29, 0.717) is 5.95 Å². The monoisotopic (exact) mass is 363 g/mol. The number of hydrogen-bond donors (Lipinski definition) is 2. The van der Waals surface area contributed by atoms with Crippen LogP contribution in [0.25, 0.3) is 16.6 Å². The standard InChI is InChI=1S/C21H25N5O/c1-14-11-15-12-16(5-6-17(15)23-14)24-20-22-9-7-18(25-20)19-13-21(2,27-4)8-10-26(19)3/h5-7,9,11-13,23H,8,10H2,1-4H3,(H,22,24,25). The lowest BCUT2D eigenvalue weighted by molar-refractivity contribution is 0.0311. The highest BCUT2D eigenvalue weighted by Crippen LogP contribution is 2.30. The van der Waals surface area contributed by atoms with E-state index in [1.54, 1.807) is 13.3 Å². The van der Waals surface area contributed by atoms with Crippen LogP contribution in [-0.2, 0) is 4.74 Å². The van der Waals surface area contributed by atoms with Crippen LogP contribution in [0.1, 0.15) is 24.7 Å². The van der Waals surface area contributed by atoms with E-state index in [-0.39, 0.29) is 5.60 Å². The predicted molar refractivity (Wildman–Crippen MR) is 109 cm³/mol. The Kier molecular flexibility index (Phi) is 4.36. The lowest BCUT2D eigenvalue weighted by atomic mass is 9.95. The molecule has 0 amide bonds. The summed E-state index contributed by atoms with van der Waals surface area (Å²) < 4.78 is 5.68. The van der Waals surface area contributed by atoms with Gasteiger partial charge in [-0.1, -0.05) is 0 Å². The summed E-state index contributed by atoms with van der Waals surface area (Å²) in [5, 5.41) is 4.49. The highest BCUT2D eigenvalue weighted by atomic mass is 16.5. The van der Waals surface area contributed by atoms with Gasteiger partial charge in [0.1, 0.15) is 0 Å². The number of methoxy groups -OCH3 is 1. The first-order valence-electron chi connectivity index (χ1n) is 9.15. The Labute approximate surface area is 159 Å². The molecule has 1 aliphatic rings. The van der Waals surface area contributed by atoms with Crippen molar-refractivity contribution >= 4 is 28.2 Å². The number of ether oxygens (including phenoxy) is 1. The first kappa shape index (κ1) is 17.5. The van der Waals surface area contributed by atoms with E-state index >= 15 is 0 Å². The van der Waals surface area contributed by atoms with Crippen LogP contribution in [0.5, 0.6) is 0 Å². The summed E-state index contributed by atoms with van der Waals surface area (Å²) in [4.78, 5) is 14.7.